The second-order valence-corrected chi connectivity index (χ2v) is 7.37. The Morgan fingerprint density at radius 1 is 1.23 bits per heavy atom. The SMILES string of the molecule is Cc1noc(CCC(=O)Nc2nc(-c3ccc4c(c3)CCCC4)cs2)n1. The Morgan fingerprint density at radius 3 is 2.88 bits per heavy atom. The topological polar surface area (TPSA) is 80.9 Å². The molecular weight excluding hydrogens is 348 g/mol. The van der Waals surface area contributed by atoms with Crippen LogP contribution in [0.3, 0.4) is 0 Å². The van der Waals surface area contributed by atoms with Crippen LogP contribution in [0.1, 0.15) is 42.1 Å². The normalized spacial score (nSPS) is 13.4. The molecule has 3 aromatic rings. The highest BCUT2D eigenvalue weighted by atomic mass is 32.1. The fourth-order valence-corrected chi connectivity index (χ4v) is 3.94. The summed E-state index contributed by atoms with van der Waals surface area (Å²) in [7, 11) is 0. The number of thiazole rings is 1. The summed E-state index contributed by atoms with van der Waals surface area (Å²) in [6, 6.07) is 6.59. The fourth-order valence-electron chi connectivity index (χ4n) is 3.20. The number of benzene rings is 1. The predicted octanol–water partition coefficient (Wildman–Crippen LogP) is 3.95. The molecule has 0 saturated carbocycles. The number of rotatable bonds is 5. The average Bonchev–Trinajstić information content (AvgIpc) is 3.28. The van der Waals surface area contributed by atoms with E-state index in [9.17, 15) is 4.79 Å². The highest BCUT2D eigenvalue weighted by molar-refractivity contribution is 7.14. The molecule has 0 aliphatic heterocycles. The molecule has 26 heavy (non-hydrogen) atoms. The number of aromatic nitrogens is 3. The van der Waals surface area contributed by atoms with Gasteiger partial charge in [0.15, 0.2) is 11.0 Å². The van der Waals surface area contributed by atoms with Gasteiger partial charge in [-0.1, -0.05) is 17.3 Å². The van der Waals surface area contributed by atoms with E-state index in [1.54, 1.807) is 6.92 Å². The highest BCUT2D eigenvalue weighted by Gasteiger charge is 2.13. The molecule has 1 amide bonds. The molecule has 0 spiro atoms. The molecule has 0 fully saturated rings. The van der Waals surface area contributed by atoms with Gasteiger partial charge in [-0.25, -0.2) is 4.98 Å². The van der Waals surface area contributed by atoms with Crippen molar-refractivity contribution in [3.05, 3.63) is 46.4 Å². The summed E-state index contributed by atoms with van der Waals surface area (Å²) in [5.74, 6) is 0.953. The van der Waals surface area contributed by atoms with E-state index in [0.29, 0.717) is 23.3 Å². The Kier molecular flexibility index (Phi) is 4.79. The number of carbonyl (C=O) groups excluding carboxylic acids is 1. The van der Waals surface area contributed by atoms with Crippen molar-refractivity contribution in [3.8, 4) is 11.3 Å². The number of nitrogens with one attached hydrogen (secondary N) is 1. The third-order valence-corrected chi connectivity index (χ3v) is 5.29. The first-order chi connectivity index (χ1) is 12.7. The van der Waals surface area contributed by atoms with Crippen molar-refractivity contribution >= 4 is 22.4 Å². The second-order valence-electron chi connectivity index (χ2n) is 6.51. The van der Waals surface area contributed by atoms with E-state index in [2.05, 4.69) is 38.6 Å². The van der Waals surface area contributed by atoms with Crippen molar-refractivity contribution in [2.75, 3.05) is 5.32 Å². The van der Waals surface area contributed by atoms with Gasteiger partial charge in [0, 0.05) is 23.8 Å². The first-order valence-electron chi connectivity index (χ1n) is 8.84. The van der Waals surface area contributed by atoms with Gasteiger partial charge in [0.2, 0.25) is 11.8 Å². The monoisotopic (exact) mass is 368 g/mol. The molecule has 2 heterocycles. The van der Waals surface area contributed by atoms with Gasteiger partial charge < -0.3 is 9.84 Å². The summed E-state index contributed by atoms with van der Waals surface area (Å²) >= 11 is 1.44. The molecule has 0 unspecified atom stereocenters. The van der Waals surface area contributed by atoms with Crippen molar-refractivity contribution in [2.24, 2.45) is 0 Å². The Hall–Kier alpha value is -2.54. The smallest absolute Gasteiger partial charge is 0.227 e. The first kappa shape index (κ1) is 16.9. The van der Waals surface area contributed by atoms with Crippen LogP contribution in [0.25, 0.3) is 11.3 Å². The van der Waals surface area contributed by atoms with Gasteiger partial charge in [-0.15, -0.1) is 11.3 Å². The van der Waals surface area contributed by atoms with Crippen molar-refractivity contribution in [1.82, 2.24) is 15.1 Å². The average molecular weight is 368 g/mol. The lowest BCUT2D eigenvalue weighted by Gasteiger charge is -2.16. The van der Waals surface area contributed by atoms with Crippen LogP contribution in [-0.4, -0.2) is 21.0 Å². The molecule has 1 aliphatic rings. The van der Waals surface area contributed by atoms with Crippen LogP contribution in [0.5, 0.6) is 0 Å². The van der Waals surface area contributed by atoms with E-state index in [-0.39, 0.29) is 12.3 Å². The lowest BCUT2D eigenvalue weighted by molar-refractivity contribution is -0.116. The van der Waals surface area contributed by atoms with E-state index >= 15 is 0 Å². The summed E-state index contributed by atoms with van der Waals surface area (Å²) in [6.45, 7) is 1.75. The van der Waals surface area contributed by atoms with Crippen molar-refractivity contribution in [3.63, 3.8) is 0 Å². The zero-order valence-electron chi connectivity index (χ0n) is 14.6. The van der Waals surface area contributed by atoms with Crippen molar-refractivity contribution in [2.45, 2.75) is 45.4 Å². The Balaban J connectivity index is 1.39. The zero-order chi connectivity index (χ0) is 17.9. The molecule has 0 atom stereocenters. The standard InChI is InChI=1S/C19H20N4O2S/c1-12-20-18(25-23-12)9-8-17(24)22-19-21-16(11-26-19)15-7-6-13-4-2-3-5-14(13)10-15/h6-7,10-11H,2-5,8-9H2,1H3,(H,21,22,24). The number of carbonyl (C=O) groups is 1. The van der Waals surface area contributed by atoms with Gasteiger partial charge in [0.05, 0.1) is 5.69 Å². The largest absolute Gasteiger partial charge is 0.339 e. The quantitative estimate of drug-likeness (QED) is 0.737. The maximum absolute atomic E-state index is 12.1. The molecule has 4 rings (SSSR count). The van der Waals surface area contributed by atoms with Gasteiger partial charge in [0.25, 0.3) is 0 Å². The van der Waals surface area contributed by atoms with E-state index in [1.165, 1.54) is 41.7 Å². The highest BCUT2D eigenvalue weighted by Crippen LogP contribution is 2.29. The minimum atomic E-state index is -0.104. The van der Waals surface area contributed by atoms with Crippen LogP contribution < -0.4 is 5.32 Å². The summed E-state index contributed by atoms with van der Waals surface area (Å²) < 4.78 is 5.02. The molecule has 0 bridgehead atoms. The first-order valence-corrected chi connectivity index (χ1v) is 9.72. The summed E-state index contributed by atoms with van der Waals surface area (Å²) in [4.78, 5) is 20.8. The third kappa shape index (κ3) is 3.83. The zero-order valence-corrected chi connectivity index (χ0v) is 15.4. The van der Waals surface area contributed by atoms with Crippen LogP contribution in [-0.2, 0) is 24.1 Å². The molecule has 1 aliphatic carbocycles. The van der Waals surface area contributed by atoms with E-state index in [1.807, 2.05) is 5.38 Å². The van der Waals surface area contributed by atoms with Crippen LogP contribution in [0.4, 0.5) is 5.13 Å². The minimum absolute atomic E-state index is 0.104. The van der Waals surface area contributed by atoms with E-state index < -0.39 is 0 Å². The maximum Gasteiger partial charge on any atom is 0.227 e. The molecule has 134 valence electrons. The number of hydrogen-bond acceptors (Lipinski definition) is 6. The number of hydrogen-bond donors (Lipinski definition) is 1. The Morgan fingerprint density at radius 2 is 2.08 bits per heavy atom. The third-order valence-electron chi connectivity index (χ3n) is 4.53. The van der Waals surface area contributed by atoms with E-state index in [0.717, 1.165) is 17.7 Å². The molecule has 1 N–H and O–H groups in total. The summed E-state index contributed by atoms with van der Waals surface area (Å²) in [5, 5.41) is 9.17. The number of fused-ring (bicyclic) bond motifs is 1. The van der Waals surface area contributed by atoms with E-state index in [4.69, 9.17) is 4.52 Å². The molecule has 7 heteroatoms. The second kappa shape index (κ2) is 7.37. The number of nitrogens with zero attached hydrogens (tertiary/aromatic N) is 3. The number of anilines is 1. The van der Waals surface area contributed by atoms with Gasteiger partial charge in [-0.05, 0) is 49.8 Å². The van der Waals surface area contributed by atoms with Gasteiger partial charge in [0.1, 0.15) is 0 Å². The number of amides is 1. The lowest BCUT2D eigenvalue weighted by atomic mass is 9.90. The summed E-state index contributed by atoms with van der Waals surface area (Å²) in [5.41, 5.74) is 4.91. The van der Waals surface area contributed by atoms with Crippen LogP contribution >= 0.6 is 11.3 Å². The molecule has 2 aromatic heterocycles. The van der Waals surface area contributed by atoms with Crippen molar-refractivity contribution in [1.29, 1.82) is 0 Å². The Labute approximate surface area is 155 Å². The summed E-state index contributed by atoms with van der Waals surface area (Å²) in [6.07, 6.45) is 5.57. The molecule has 0 radical (unpaired) electrons. The molecule has 6 nitrogen and oxygen atoms in total. The lowest BCUT2D eigenvalue weighted by Crippen LogP contribution is -2.12. The molecule has 0 saturated heterocycles. The predicted molar refractivity (Wildman–Crippen MR) is 100 cm³/mol. The van der Waals surface area contributed by atoms with Crippen LogP contribution in [0, 0.1) is 6.92 Å². The van der Waals surface area contributed by atoms with Crippen molar-refractivity contribution < 1.29 is 9.32 Å². The van der Waals surface area contributed by atoms with Gasteiger partial charge >= 0.3 is 0 Å². The Bertz CT molecular complexity index is 931. The van der Waals surface area contributed by atoms with Gasteiger partial charge in [-0.2, -0.15) is 4.98 Å². The van der Waals surface area contributed by atoms with Gasteiger partial charge in [-0.3, -0.25) is 4.79 Å². The van der Waals surface area contributed by atoms with Crippen LogP contribution in [0.2, 0.25) is 0 Å². The maximum atomic E-state index is 12.1. The minimum Gasteiger partial charge on any atom is -0.339 e. The number of aryl methyl sites for hydroxylation is 4. The van der Waals surface area contributed by atoms with Crippen LogP contribution in [0.15, 0.2) is 28.1 Å². The molecular formula is C19H20N4O2S. The molecule has 1 aromatic carbocycles. The fraction of sp³-hybridized carbons (Fsp3) is 0.368.